The predicted octanol–water partition coefficient (Wildman–Crippen LogP) is 5.99. The highest BCUT2D eigenvalue weighted by Crippen LogP contribution is 2.29. The highest BCUT2D eigenvalue weighted by atomic mass is 15.3. The van der Waals surface area contributed by atoms with Crippen molar-refractivity contribution in [2.75, 3.05) is 30.0 Å². The van der Waals surface area contributed by atoms with E-state index in [0.717, 1.165) is 52.8 Å². The van der Waals surface area contributed by atoms with E-state index < -0.39 is 0 Å². The van der Waals surface area contributed by atoms with Crippen molar-refractivity contribution in [3.8, 4) is 0 Å². The summed E-state index contributed by atoms with van der Waals surface area (Å²) in [6.45, 7) is 12.1. The molecule has 0 aliphatic heterocycles. The summed E-state index contributed by atoms with van der Waals surface area (Å²) in [6, 6.07) is 11.3. The summed E-state index contributed by atoms with van der Waals surface area (Å²) < 4.78 is 1.90. The van der Waals surface area contributed by atoms with Crippen molar-refractivity contribution in [3.05, 3.63) is 67.0 Å². The van der Waals surface area contributed by atoms with Crippen LogP contribution in [0.15, 0.2) is 61.5 Å². The fourth-order valence-corrected chi connectivity index (χ4v) is 4.55. The van der Waals surface area contributed by atoms with Crippen LogP contribution < -0.4 is 16.0 Å². The molecule has 180 valence electrons. The maximum atomic E-state index is 4.98. The molecular weight excluding hydrogens is 422 g/mol. The van der Waals surface area contributed by atoms with Gasteiger partial charge in [0.05, 0.1) is 6.20 Å². The van der Waals surface area contributed by atoms with Crippen molar-refractivity contribution in [1.82, 2.24) is 19.5 Å². The van der Waals surface area contributed by atoms with Gasteiger partial charge in [0, 0.05) is 40.8 Å². The molecule has 2 aromatic heterocycles. The van der Waals surface area contributed by atoms with Gasteiger partial charge in [-0.1, -0.05) is 33.1 Å². The summed E-state index contributed by atoms with van der Waals surface area (Å²) in [7, 11) is 4.35. The van der Waals surface area contributed by atoms with Crippen molar-refractivity contribution < 1.29 is 0 Å². The van der Waals surface area contributed by atoms with Crippen molar-refractivity contribution in [2.24, 2.45) is 0 Å². The van der Waals surface area contributed by atoms with Gasteiger partial charge in [-0.25, -0.2) is 4.98 Å². The lowest BCUT2D eigenvalue weighted by Crippen LogP contribution is -2.36. The van der Waals surface area contributed by atoms with Crippen molar-refractivity contribution in [1.29, 1.82) is 0 Å². The maximum Gasteiger partial charge on any atom is 0.163 e. The normalized spacial score (nSPS) is 18.3. The largest absolute Gasteiger partial charge is 0.367 e. The van der Waals surface area contributed by atoms with E-state index in [-0.39, 0.29) is 0 Å². The van der Waals surface area contributed by atoms with Gasteiger partial charge in [0.15, 0.2) is 5.65 Å². The van der Waals surface area contributed by atoms with Crippen LogP contribution in [-0.4, -0.2) is 45.7 Å². The molecule has 1 fully saturated rings. The summed E-state index contributed by atoms with van der Waals surface area (Å²) in [5, 5.41) is 15.2. The molecule has 0 radical (unpaired) electrons. The lowest BCUT2D eigenvalue weighted by molar-refractivity contribution is 0.221. The molecule has 1 saturated carbocycles. The average Bonchev–Trinajstić information content (AvgIpc) is 3.24. The molecule has 7 nitrogen and oxygen atoms in total. The van der Waals surface area contributed by atoms with Crippen molar-refractivity contribution in [2.45, 2.75) is 57.5 Å². The van der Waals surface area contributed by atoms with Gasteiger partial charge in [0.2, 0.25) is 0 Å². The third kappa shape index (κ3) is 5.42. The molecule has 0 unspecified atom stereocenters. The molecule has 7 heteroatoms. The molecule has 0 atom stereocenters. The second kappa shape index (κ2) is 10.3. The third-order valence-corrected chi connectivity index (χ3v) is 6.59. The van der Waals surface area contributed by atoms with Crippen LogP contribution in [-0.2, 0) is 0 Å². The lowest BCUT2D eigenvalue weighted by atomic mass is 9.90. The fourth-order valence-electron chi connectivity index (χ4n) is 4.55. The van der Waals surface area contributed by atoms with Gasteiger partial charge in [-0.15, -0.1) is 0 Å². The zero-order chi connectivity index (χ0) is 24.2. The molecular formula is C27H37N7. The first-order valence-electron chi connectivity index (χ1n) is 12.1. The minimum Gasteiger partial charge on any atom is -0.367 e. The summed E-state index contributed by atoms with van der Waals surface area (Å²) in [4.78, 5) is 7.32. The lowest BCUT2D eigenvalue weighted by Gasteiger charge is -2.33. The van der Waals surface area contributed by atoms with Gasteiger partial charge >= 0.3 is 0 Å². The second-order valence-corrected chi connectivity index (χ2v) is 9.69. The van der Waals surface area contributed by atoms with Crippen LogP contribution in [0.3, 0.4) is 0 Å². The van der Waals surface area contributed by atoms with Crippen LogP contribution in [0.5, 0.6) is 0 Å². The van der Waals surface area contributed by atoms with E-state index in [9.17, 15) is 0 Å². The monoisotopic (exact) mass is 459 g/mol. The van der Waals surface area contributed by atoms with Crippen molar-refractivity contribution >= 4 is 28.7 Å². The molecule has 34 heavy (non-hydrogen) atoms. The molecule has 3 aromatic rings. The summed E-state index contributed by atoms with van der Waals surface area (Å²) in [5.41, 5.74) is 4.68. The van der Waals surface area contributed by atoms with Gasteiger partial charge in [-0.3, -0.25) is 0 Å². The fraction of sp³-hybridized carbons (Fsp3) is 0.407. The van der Waals surface area contributed by atoms with E-state index in [1.165, 1.54) is 12.8 Å². The topological polar surface area (TPSA) is 69.5 Å². The first-order valence-corrected chi connectivity index (χ1v) is 12.1. The number of aromatic nitrogens is 3. The standard InChI is InChI=1S/C27H37N7/c1-7-19(4)29-21-9-8-10-22(15-21)31-26-16-25(30-20-11-13-23(14-12-20)33(5)6)32-27-24(18(2)3)17-28-34(26)27/h7-10,15-18,20,23,29,31H,1,4,11-14H2,2-3,5-6H3,(H,30,32). The molecule has 1 aromatic carbocycles. The Morgan fingerprint density at radius 2 is 1.88 bits per heavy atom. The molecule has 3 N–H and O–H groups in total. The number of benzene rings is 1. The Hall–Kier alpha value is -3.32. The summed E-state index contributed by atoms with van der Waals surface area (Å²) in [6.07, 6.45) is 8.34. The first kappa shape index (κ1) is 23.8. The predicted molar refractivity (Wildman–Crippen MR) is 143 cm³/mol. The molecule has 0 amide bonds. The van der Waals surface area contributed by atoms with Crippen LogP contribution in [0.1, 0.15) is 51.0 Å². The number of allylic oxidation sites excluding steroid dienone is 1. The molecule has 2 heterocycles. The quantitative estimate of drug-likeness (QED) is 0.341. The van der Waals surface area contributed by atoms with Gasteiger partial charge in [-0.05, 0) is 70.0 Å². The number of rotatable bonds is 9. The Bertz CT molecular complexity index is 1150. The van der Waals surface area contributed by atoms with Crippen LogP contribution in [0, 0.1) is 0 Å². The maximum absolute atomic E-state index is 4.98. The van der Waals surface area contributed by atoms with Gasteiger partial charge in [0.25, 0.3) is 0 Å². The SMILES string of the molecule is C=CC(=C)Nc1cccc(Nc2cc(NC3CCC(N(C)C)CC3)nc3c(C(C)C)cnn23)c1. The van der Waals surface area contributed by atoms with Gasteiger partial charge in [-0.2, -0.15) is 9.61 Å². The van der Waals surface area contributed by atoms with E-state index >= 15 is 0 Å². The minimum atomic E-state index is 0.334. The minimum absolute atomic E-state index is 0.334. The number of nitrogens with one attached hydrogen (secondary N) is 3. The molecule has 1 aliphatic carbocycles. The Kier molecular flexibility index (Phi) is 7.22. The van der Waals surface area contributed by atoms with Crippen LogP contribution in [0.25, 0.3) is 5.65 Å². The molecule has 1 aliphatic rings. The van der Waals surface area contributed by atoms with Crippen molar-refractivity contribution in [3.63, 3.8) is 0 Å². The smallest absolute Gasteiger partial charge is 0.163 e. The number of hydrogen-bond acceptors (Lipinski definition) is 6. The highest BCUT2D eigenvalue weighted by Gasteiger charge is 2.23. The molecule has 0 saturated heterocycles. The van der Waals surface area contributed by atoms with E-state index in [1.54, 1.807) is 6.08 Å². The average molecular weight is 460 g/mol. The Balaban J connectivity index is 1.62. The Labute approximate surface area is 203 Å². The number of hydrogen-bond donors (Lipinski definition) is 3. The van der Waals surface area contributed by atoms with Crippen LogP contribution in [0.4, 0.5) is 23.0 Å². The highest BCUT2D eigenvalue weighted by molar-refractivity contribution is 5.68. The van der Waals surface area contributed by atoms with Crippen LogP contribution in [0.2, 0.25) is 0 Å². The molecule has 0 bridgehead atoms. The van der Waals surface area contributed by atoms with Gasteiger partial charge in [0.1, 0.15) is 11.6 Å². The summed E-state index contributed by atoms with van der Waals surface area (Å²) in [5.74, 6) is 2.10. The zero-order valence-corrected chi connectivity index (χ0v) is 20.8. The van der Waals surface area contributed by atoms with E-state index in [4.69, 9.17) is 4.98 Å². The Morgan fingerprint density at radius 3 is 2.56 bits per heavy atom. The number of nitrogens with zero attached hydrogens (tertiary/aromatic N) is 4. The Morgan fingerprint density at radius 1 is 1.15 bits per heavy atom. The molecule has 4 rings (SSSR count). The van der Waals surface area contributed by atoms with Crippen LogP contribution >= 0.6 is 0 Å². The number of anilines is 4. The first-order chi connectivity index (χ1) is 16.3. The third-order valence-electron chi connectivity index (χ3n) is 6.59. The summed E-state index contributed by atoms with van der Waals surface area (Å²) >= 11 is 0. The van der Waals surface area contributed by atoms with E-state index in [1.807, 2.05) is 35.0 Å². The van der Waals surface area contributed by atoms with E-state index in [0.29, 0.717) is 18.0 Å². The number of fused-ring (bicyclic) bond motifs is 1. The molecule has 0 spiro atoms. The van der Waals surface area contributed by atoms with Gasteiger partial charge < -0.3 is 20.9 Å². The van der Waals surface area contributed by atoms with E-state index in [2.05, 4.69) is 73.1 Å². The second-order valence-electron chi connectivity index (χ2n) is 9.69. The zero-order valence-electron chi connectivity index (χ0n) is 20.8.